The molecule has 0 aliphatic carbocycles. The Hall–Kier alpha value is -0.180. The molecule has 0 fully saturated rings. The molecular weight excluding hydrogens is 244 g/mol. The Balaban J connectivity index is 3.05. The van der Waals surface area contributed by atoms with Crippen molar-refractivity contribution >= 4 is 18.6 Å². The van der Waals surface area contributed by atoms with Crippen LogP contribution in [0.3, 0.4) is 0 Å². The summed E-state index contributed by atoms with van der Waals surface area (Å²) >= 11 is 3.99. The predicted octanol–water partition coefficient (Wildman–Crippen LogP) is 4.63. The summed E-state index contributed by atoms with van der Waals surface area (Å²) in [7, 11) is 0. The summed E-state index contributed by atoms with van der Waals surface area (Å²) in [6.45, 7) is 5.16. The van der Waals surface area contributed by atoms with Gasteiger partial charge in [-0.3, -0.25) is 4.79 Å². The van der Waals surface area contributed by atoms with E-state index in [1.54, 1.807) is 0 Å². The van der Waals surface area contributed by atoms with Crippen LogP contribution < -0.4 is 0 Å². The first-order chi connectivity index (χ1) is 8.66. The van der Waals surface area contributed by atoms with Gasteiger partial charge in [0.05, 0.1) is 13.0 Å². The lowest BCUT2D eigenvalue weighted by Crippen LogP contribution is -2.06. The van der Waals surface area contributed by atoms with Gasteiger partial charge in [-0.05, 0) is 12.3 Å². The average Bonchev–Trinajstić information content (AvgIpc) is 2.31. The highest BCUT2D eigenvalue weighted by Crippen LogP contribution is 2.11. The Labute approximate surface area is 118 Å². The molecule has 0 heterocycles. The van der Waals surface area contributed by atoms with E-state index in [1.807, 2.05) is 0 Å². The maximum atomic E-state index is 11.0. The van der Waals surface area contributed by atoms with Crippen LogP contribution in [0.25, 0.3) is 0 Å². The number of carbonyl (C=O) groups excluding carboxylic acids is 1. The normalized spacial score (nSPS) is 10.9. The van der Waals surface area contributed by atoms with Crippen molar-refractivity contribution in [1.29, 1.82) is 0 Å². The molecule has 18 heavy (non-hydrogen) atoms. The SMILES string of the molecule is CC(C)CCCCCCCCCOC(=O)CCS. The molecule has 0 saturated carbocycles. The molecule has 0 unspecified atom stereocenters. The van der Waals surface area contributed by atoms with Crippen LogP contribution in [-0.2, 0) is 9.53 Å². The fraction of sp³-hybridized carbons (Fsp3) is 0.933. The molecule has 2 nitrogen and oxygen atoms in total. The lowest BCUT2D eigenvalue weighted by atomic mass is 10.0. The molecule has 3 heteroatoms. The Bertz CT molecular complexity index is 193. The molecule has 0 aromatic carbocycles. The number of rotatable bonds is 12. The van der Waals surface area contributed by atoms with Crippen molar-refractivity contribution in [2.24, 2.45) is 5.92 Å². The third kappa shape index (κ3) is 13.9. The van der Waals surface area contributed by atoms with Gasteiger partial charge in [0.15, 0.2) is 0 Å². The van der Waals surface area contributed by atoms with E-state index in [9.17, 15) is 4.79 Å². The topological polar surface area (TPSA) is 26.3 Å². The van der Waals surface area contributed by atoms with E-state index in [1.165, 1.54) is 44.9 Å². The van der Waals surface area contributed by atoms with E-state index in [0.717, 1.165) is 12.3 Å². The van der Waals surface area contributed by atoms with Crippen LogP contribution >= 0.6 is 12.6 Å². The van der Waals surface area contributed by atoms with E-state index in [0.29, 0.717) is 18.8 Å². The molecule has 0 aromatic rings. The van der Waals surface area contributed by atoms with Crippen LogP contribution in [0, 0.1) is 5.92 Å². The average molecular weight is 274 g/mol. The van der Waals surface area contributed by atoms with Crippen LogP contribution in [-0.4, -0.2) is 18.3 Å². The summed E-state index contributed by atoms with van der Waals surface area (Å²) in [6, 6.07) is 0. The minimum absolute atomic E-state index is 0.112. The number of hydrogen-bond donors (Lipinski definition) is 1. The smallest absolute Gasteiger partial charge is 0.306 e. The molecule has 0 aliphatic rings. The van der Waals surface area contributed by atoms with Gasteiger partial charge in [0, 0.05) is 5.75 Å². The van der Waals surface area contributed by atoms with Gasteiger partial charge in [-0.2, -0.15) is 12.6 Å². The lowest BCUT2D eigenvalue weighted by molar-refractivity contribution is -0.143. The van der Waals surface area contributed by atoms with E-state index in [4.69, 9.17) is 4.74 Å². The minimum atomic E-state index is -0.112. The third-order valence-electron chi connectivity index (χ3n) is 3.00. The highest BCUT2D eigenvalue weighted by molar-refractivity contribution is 7.80. The first-order valence-corrected chi connectivity index (χ1v) is 8.06. The van der Waals surface area contributed by atoms with Crippen molar-refractivity contribution < 1.29 is 9.53 Å². The second-order valence-corrected chi connectivity index (χ2v) is 5.80. The predicted molar refractivity (Wildman–Crippen MR) is 81.2 cm³/mol. The molecular formula is C15H30O2S. The first kappa shape index (κ1) is 17.8. The Morgan fingerprint density at radius 3 is 2.11 bits per heavy atom. The molecule has 0 rings (SSSR count). The fourth-order valence-corrected chi connectivity index (χ4v) is 2.07. The zero-order chi connectivity index (χ0) is 13.6. The summed E-state index contributed by atoms with van der Waals surface area (Å²) in [5, 5.41) is 0. The summed E-state index contributed by atoms with van der Waals surface area (Å²) in [5.74, 6) is 1.31. The molecule has 108 valence electrons. The van der Waals surface area contributed by atoms with E-state index < -0.39 is 0 Å². The largest absolute Gasteiger partial charge is 0.466 e. The standard InChI is InChI=1S/C15H30O2S/c1-14(2)10-8-6-4-3-5-7-9-12-17-15(16)11-13-18/h14,18H,3-13H2,1-2H3. The number of esters is 1. The van der Waals surface area contributed by atoms with Gasteiger partial charge < -0.3 is 4.74 Å². The minimum Gasteiger partial charge on any atom is -0.466 e. The molecule has 0 radical (unpaired) electrons. The van der Waals surface area contributed by atoms with Gasteiger partial charge in [0.2, 0.25) is 0 Å². The van der Waals surface area contributed by atoms with Gasteiger partial charge in [0.1, 0.15) is 0 Å². The maximum Gasteiger partial charge on any atom is 0.306 e. The highest BCUT2D eigenvalue weighted by Gasteiger charge is 2.00. The second-order valence-electron chi connectivity index (χ2n) is 5.35. The highest BCUT2D eigenvalue weighted by atomic mass is 32.1. The molecule has 0 saturated heterocycles. The van der Waals surface area contributed by atoms with Crippen molar-refractivity contribution in [3.63, 3.8) is 0 Å². The lowest BCUT2D eigenvalue weighted by Gasteiger charge is -2.05. The van der Waals surface area contributed by atoms with Gasteiger partial charge in [-0.15, -0.1) is 0 Å². The number of thiol groups is 1. The van der Waals surface area contributed by atoms with E-state index >= 15 is 0 Å². The molecule has 0 aliphatic heterocycles. The monoisotopic (exact) mass is 274 g/mol. The van der Waals surface area contributed by atoms with Crippen molar-refractivity contribution in [1.82, 2.24) is 0 Å². The van der Waals surface area contributed by atoms with Crippen molar-refractivity contribution in [2.45, 2.75) is 71.6 Å². The third-order valence-corrected chi connectivity index (χ3v) is 3.23. The van der Waals surface area contributed by atoms with Crippen molar-refractivity contribution in [3.8, 4) is 0 Å². The number of unbranched alkanes of at least 4 members (excludes halogenated alkanes) is 6. The van der Waals surface area contributed by atoms with Gasteiger partial charge >= 0.3 is 5.97 Å². The van der Waals surface area contributed by atoms with Crippen LogP contribution in [0.4, 0.5) is 0 Å². The van der Waals surface area contributed by atoms with Crippen molar-refractivity contribution in [3.05, 3.63) is 0 Å². The quantitative estimate of drug-likeness (QED) is 0.319. The Kier molecular flexibility index (Phi) is 13.1. The van der Waals surface area contributed by atoms with Gasteiger partial charge in [-0.25, -0.2) is 0 Å². The molecule has 0 atom stereocenters. The summed E-state index contributed by atoms with van der Waals surface area (Å²) in [6.07, 6.45) is 10.7. The molecule has 0 bridgehead atoms. The number of carbonyl (C=O) groups is 1. The fourth-order valence-electron chi connectivity index (χ4n) is 1.89. The maximum absolute atomic E-state index is 11.0. The molecule has 0 aromatic heterocycles. The van der Waals surface area contributed by atoms with Gasteiger partial charge in [-0.1, -0.05) is 58.8 Å². The summed E-state index contributed by atoms with van der Waals surface area (Å²) < 4.78 is 5.07. The number of ether oxygens (including phenoxy) is 1. The summed E-state index contributed by atoms with van der Waals surface area (Å²) in [5.41, 5.74) is 0. The second kappa shape index (κ2) is 13.3. The van der Waals surface area contributed by atoms with Crippen LogP contribution in [0.2, 0.25) is 0 Å². The molecule has 0 spiro atoms. The number of hydrogen-bond acceptors (Lipinski definition) is 3. The van der Waals surface area contributed by atoms with Crippen LogP contribution in [0.15, 0.2) is 0 Å². The van der Waals surface area contributed by atoms with Gasteiger partial charge in [0.25, 0.3) is 0 Å². The van der Waals surface area contributed by atoms with E-state index in [-0.39, 0.29) is 5.97 Å². The zero-order valence-electron chi connectivity index (χ0n) is 12.1. The summed E-state index contributed by atoms with van der Waals surface area (Å²) in [4.78, 5) is 11.0. The molecule has 0 amide bonds. The van der Waals surface area contributed by atoms with Crippen molar-refractivity contribution in [2.75, 3.05) is 12.4 Å². The first-order valence-electron chi connectivity index (χ1n) is 7.43. The van der Waals surface area contributed by atoms with E-state index in [2.05, 4.69) is 26.5 Å². The molecule has 0 N–H and O–H groups in total. The zero-order valence-corrected chi connectivity index (χ0v) is 13.0. The van der Waals surface area contributed by atoms with Crippen LogP contribution in [0.5, 0.6) is 0 Å². The van der Waals surface area contributed by atoms with Crippen LogP contribution in [0.1, 0.15) is 71.6 Å². The Morgan fingerprint density at radius 1 is 1.00 bits per heavy atom. The Morgan fingerprint density at radius 2 is 1.56 bits per heavy atom.